The number of amides is 2. The predicted molar refractivity (Wildman–Crippen MR) is 115 cm³/mol. The zero-order valence-electron chi connectivity index (χ0n) is 18.3. The maximum absolute atomic E-state index is 13.4. The number of aromatic nitrogens is 4. The molecule has 1 aliphatic rings. The van der Waals surface area contributed by atoms with Gasteiger partial charge in [0.25, 0.3) is 5.91 Å². The molecule has 0 aromatic carbocycles. The van der Waals surface area contributed by atoms with Crippen LogP contribution >= 0.6 is 11.6 Å². The average Bonchev–Trinajstić information content (AvgIpc) is 3.18. The van der Waals surface area contributed by atoms with Crippen molar-refractivity contribution in [3.8, 4) is 0 Å². The Balaban J connectivity index is 1.56. The number of hydrogen-bond donors (Lipinski definition) is 2. The summed E-state index contributed by atoms with van der Waals surface area (Å²) in [7, 11) is 0. The fraction of sp³-hybridized carbons (Fsp3) is 0.429. The number of furan rings is 1. The molecule has 0 aliphatic heterocycles. The van der Waals surface area contributed by atoms with Gasteiger partial charge in [-0.15, -0.1) is 0 Å². The van der Waals surface area contributed by atoms with Gasteiger partial charge in [-0.2, -0.15) is 23.4 Å². The number of alkyl halides is 3. The van der Waals surface area contributed by atoms with E-state index in [2.05, 4.69) is 20.8 Å². The second kappa shape index (κ2) is 9.16. The highest BCUT2D eigenvalue weighted by molar-refractivity contribution is 6.32. The second-order valence-corrected chi connectivity index (χ2v) is 8.32. The molecule has 0 radical (unpaired) electrons. The Morgan fingerprint density at radius 1 is 1.32 bits per heavy atom. The summed E-state index contributed by atoms with van der Waals surface area (Å²) in [5.41, 5.74) is -0.936. The van der Waals surface area contributed by atoms with Crippen molar-refractivity contribution in [2.24, 2.45) is 0 Å². The van der Waals surface area contributed by atoms with Gasteiger partial charge in [-0.1, -0.05) is 11.6 Å². The van der Waals surface area contributed by atoms with Crippen molar-refractivity contribution >= 4 is 29.1 Å². The smallest absolute Gasteiger partial charge is 0.436 e. The zero-order valence-corrected chi connectivity index (χ0v) is 19.1. The second-order valence-electron chi connectivity index (χ2n) is 7.94. The quantitative estimate of drug-likeness (QED) is 0.479. The Kier molecular flexibility index (Phi) is 6.43. The number of rotatable bonds is 8. The molecular weight excluding hydrogens is 477 g/mol. The van der Waals surface area contributed by atoms with Crippen molar-refractivity contribution in [1.29, 1.82) is 0 Å². The number of anilines is 1. The van der Waals surface area contributed by atoms with E-state index in [0.29, 0.717) is 25.1 Å². The normalized spacial score (nSPS) is 14.8. The van der Waals surface area contributed by atoms with Gasteiger partial charge < -0.3 is 15.1 Å². The van der Waals surface area contributed by atoms with Crippen LogP contribution in [0.15, 0.2) is 29.0 Å². The van der Waals surface area contributed by atoms with Crippen LogP contribution < -0.4 is 10.6 Å². The van der Waals surface area contributed by atoms with E-state index in [0.717, 1.165) is 4.68 Å². The number of carbonyl (C=O) groups is 2. The molecule has 3 aromatic heterocycles. The van der Waals surface area contributed by atoms with Gasteiger partial charge in [0.1, 0.15) is 11.8 Å². The van der Waals surface area contributed by atoms with Crippen LogP contribution in [0.3, 0.4) is 0 Å². The Labute approximate surface area is 197 Å². The SMILES string of the molecule is CCn1cc(NC(=O)C(C)n2nc(C(F)(F)F)c(Cl)c2C2CC2)c(C(=O)NCc2ccco2)n1. The van der Waals surface area contributed by atoms with Crippen molar-refractivity contribution in [2.45, 2.75) is 57.9 Å². The number of aryl methyl sites for hydroxylation is 1. The van der Waals surface area contributed by atoms with E-state index >= 15 is 0 Å². The maximum Gasteiger partial charge on any atom is 0.436 e. The van der Waals surface area contributed by atoms with E-state index in [-0.39, 0.29) is 29.5 Å². The van der Waals surface area contributed by atoms with Crippen molar-refractivity contribution in [2.75, 3.05) is 5.32 Å². The van der Waals surface area contributed by atoms with Gasteiger partial charge in [-0.25, -0.2) is 0 Å². The summed E-state index contributed by atoms with van der Waals surface area (Å²) in [6.45, 7) is 3.77. The molecule has 1 atom stereocenters. The van der Waals surface area contributed by atoms with Crippen LogP contribution in [0, 0.1) is 0 Å². The largest absolute Gasteiger partial charge is 0.467 e. The molecule has 1 aliphatic carbocycles. The average molecular weight is 499 g/mol. The predicted octanol–water partition coefficient (Wildman–Crippen LogP) is 4.37. The van der Waals surface area contributed by atoms with E-state index in [9.17, 15) is 22.8 Å². The van der Waals surface area contributed by atoms with Crippen LogP contribution in [0.4, 0.5) is 18.9 Å². The van der Waals surface area contributed by atoms with Crippen molar-refractivity contribution in [3.63, 3.8) is 0 Å². The molecule has 3 aromatic rings. The van der Waals surface area contributed by atoms with Crippen LogP contribution in [-0.2, 0) is 24.1 Å². The molecule has 0 bridgehead atoms. The standard InChI is InChI=1S/C21H22ClF3N6O3/c1-3-30-10-14(16(28-30)20(33)26-9-13-5-4-8-34-13)27-19(32)11(2)31-17(12-6-7-12)15(22)18(29-31)21(23,24)25/h4-5,8,10-12H,3,6-7,9H2,1-2H3,(H,26,33)(H,27,32). The first-order valence-electron chi connectivity index (χ1n) is 10.6. The van der Waals surface area contributed by atoms with E-state index in [4.69, 9.17) is 16.0 Å². The summed E-state index contributed by atoms with van der Waals surface area (Å²) in [4.78, 5) is 25.7. The van der Waals surface area contributed by atoms with E-state index in [1.54, 1.807) is 19.1 Å². The number of carbonyl (C=O) groups excluding carboxylic acids is 2. The van der Waals surface area contributed by atoms with Crippen LogP contribution in [0.1, 0.15) is 66.3 Å². The fourth-order valence-corrected chi connectivity index (χ4v) is 3.87. The van der Waals surface area contributed by atoms with Gasteiger partial charge in [0.15, 0.2) is 11.4 Å². The highest BCUT2D eigenvalue weighted by Crippen LogP contribution is 2.47. The lowest BCUT2D eigenvalue weighted by atomic mass is 10.2. The summed E-state index contributed by atoms with van der Waals surface area (Å²) >= 11 is 6.02. The molecule has 3 heterocycles. The first kappa shape index (κ1) is 23.9. The molecule has 1 unspecified atom stereocenters. The number of halogens is 4. The number of nitrogens with one attached hydrogen (secondary N) is 2. The van der Waals surface area contributed by atoms with Crippen LogP contribution in [-0.4, -0.2) is 31.4 Å². The molecule has 9 nitrogen and oxygen atoms in total. The lowest BCUT2D eigenvalue weighted by Crippen LogP contribution is -2.28. The maximum atomic E-state index is 13.4. The molecule has 1 saturated carbocycles. The minimum atomic E-state index is -4.75. The minimum Gasteiger partial charge on any atom is -0.467 e. The third kappa shape index (κ3) is 4.81. The Bertz CT molecular complexity index is 1200. The van der Waals surface area contributed by atoms with Gasteiger partial charge in [0, 0.05) is 18.7 Å². The molecule has 2 amide bonds. The lowest BCUT2D eigenvalue weighted by molar-refractivity contribution is -0.141. The summed E-state index contributed by atoms with van der Waals surface area (Å²) in [5, 5.41) is 12.6. The Morgan fingerprint density at radius 2 is 2.06 bits per heavy atom. The molecule has 34 heavy (non-hydrogen) atoms. The van der Waals surface area contributed by atoms with Gasteiger partial charge in [-0.3, -0.25) is 19.0 Å². The summed E-state index contributed by atoms with van der Waals surface area (Å²) in [6, 6.07) is 2.26. The summed E-state index contributed by atoms with van der Waals surface area (Å²) in [5.74, 6) is -0.861. The van der Waals surface area contributed by atoms with E-state index in [1.165, 1.54) is 24.1 Å². The topological polar surface area (TPSA) is 107 Å². The molecule has 2 N–H and O–H groups in total. The lowest BCUT2D eigenvalue weighted by Gasteiger charge is -2.15. The van der Waals surface area contributed by atoms with Gasteiger partial charge in [0.05, 0.1) is 29.2 Å². The third-order valence-corrected chi connectivity index (χ3v) is 5.80. The van der Waals surface area contributed by atoms with Crippen LogP contribution in [0.5, 0.6) is 0 Å². The molecule has 182 valence electrons. The van der Waals surface area contributed by atoms with Gasteiger partial charge >= 0.3 is 6.18 Å². The Morgan fingerprint density at radius 3 is 2.65 bits per heavy atom. The molecule has 0 saturated heterocycles. The number of hydrogen-bond acceptors (Lipinski definition) is 5. The highest BCUT2D eigenvalue weighted by Gasteiger charge is 2.43. The third-order valence-electron chi connectivity index (χ3n) is 5.43. The van der Waals surface area contributed by atoms with E-state index < -0.39 is 34.7 Å². The fourth-order valence-electron chi connectivity index (χ4n) is 3.48. The molecule has 13 heteroatoms. The minimum absolute atomic E-state index is 0.0362. The molecule has 4 rings (SSSR count). The van der Waals surface area contributed by atoms with Gasteiger partial charge in [-0.05, 0) is 38.8 Å². The monoisotopic (exact) mass is 498 g/mol. The van der Waals surface area contributed by atoms with Gasteiger partial charge in [0.2, 0.25) is 5.91 Å². The first-order chi connectivity index (χ1) is 16.1. The van der Waals surface area contributed by atoms with Crippen molar-refractivity contribution < 1.29 is 27.2 Å². The van der Waals surface area contributed by atoms with Crippen LogP contribution in [0.2, 0.25) is 5.02 Å². The first-order valence-corrected chi connectivity index (χ1v) is 11.0. The van der Waals surface area contributed by atoms with Crippen LogP contribution in [0.25, 0.3) is 0 Å². The zero-order chi connectivity index (χ0) is 24.6. The molecular formula is C21H22ClF3N6O3. The van der Waals surface area contributed by atoms with E-state index in [1.807, 2.05) is 0 Å². The molecule has 1 fully saturated rings. The molecule has 0 spiro atoms. The highest BCUT2D eigenvalue weighted by atomic mass is 35.5. The summed E-state index contributed by atoms with van der Waals surface area (Å²) in [6.07, 6.45) is -0.461. The van der Waals surface area contributed by atoms with Crippen molar-refractivity contribution in [3.05, 3.63) is 52.5 Å². The number of nitrogens with zero attached hydrogens (tertiary/aromatic N) is 4. The van der Waals surface area contributed by atoms with Crippen molar-refractivity contribution in [1.82, 2.24) is 24.9 Å². The Hall–Kier alpha value is -3.28. The summed E-state index contributed by atoms with van der Waals surface area (Å²) < 4.78 is 47.8.